The molecule has 3 rings (SSSR count). The van der Waals surface area contributed by atoms with Crippen molar-refractivity contribution in [2.45, 2.75) is 18.9 Å². The van der Waals surface area contributed by atoms with E-state index in [4.69, 9.17) is 0 Å². The predicted molar refractivity (Wildman–Crippen MR) is 79.0 cm³/mol. The van der Waals surface area contributed by atoms with Crippen LogP contribution in [0.3, 0.4) is 0 Å². The van der Waals surface area contributed by atoms with Gasteiger partial charge in [0.2, 0.25) is 0 Å². The molecule has 1 atom stereocenters. The van der Waals surface area contributed by atoms with Crippen LogP contribution in [0.2, 0.25) is 0 Å². The van der Waals surface area contributed by atoms with E-state index in [1.807, 2.05) is 24.3 Å². The second-order valence-electron chi connectivity index (χ2n) is 4.77. The van der Waals surface area contributed by atoms with Crippen LogP contribution in [-0.4, -0.2) is 5.71 Å². The van der Waals surface area contributed by atoms with Crippen molar-refractivity contribution in [1.82, 2.24) is 0 Å². The lowest BCUT2D eigenvalue weighted by Crippen LogP contribution is -1.99. The maximum Gasteiger partial charge on any atom is 0.131 e. The van der Waals surface area contributed by atoms with Crippen LogP contribution in [0.1, 0.15) is 30.0 Å². The molecule has 0 aliphatic carbocycles. The minimum Gasteiger partial charge on any atom is -0.281 e. The summed E-state index contributed by atoms with van der Waals surface area (Å²) < 4.78 is 28.5. The molecule has 1 aliphatic heterocycles. The Morgan fingerprint density at radius 3 is 2.30 bits per heavy atom. The predicted octanol–water partition coefficient (Wildman–Crippen LogP) is 5.05. The van der Waals surface area contributed by atoms with Crippen molar-refractivity contribution in [2.24, 2.45) is 4.99 Å². The lowest BCUT2D eigenvalue weighted by molar-refractivity contribution is 0.526. The molecule has 1 unspecified atom stereocenters. The molecule has 0 amide bonds. The molecule has 4 heteroatoms. The standard InChI is InChI=1S/C16H12BrF2N/c17-11-6-4-10(5-7-11)14-8-9-15(20-14)16-12(18)2-1-3-13(16)19/h1-7,15H,8-9H2. The molecule has 0 radical (unpaired) electrons. The minimum atomic E-state index is -0.518. The van der Waals surface area contributed by atoms with Crippen molar-refractivity contribution < 1.29 is 8.78 Å². The number of hydrogen-bond acceptors (Lipinski definition) is 1. The van der Waals surface area contributed by atoms with Gasteiger partial charge < -0.3 is 0 Å². The van der Waals surface area contributed by atoms with Crippen LogP contribution >= 0.6 is 15.9 Å². The molecule has 0 saturated heterocycles. The highest BCUT2D eigenvalue weighted by Crippen LogP contribution is 2.34. The fourth-order valence-electron chi connectivity index (χ4n) is 2.49. The molecule has 0 N–H and O–H groups in total. The molecule has 2 aromatic carbocycles. The first-order valence-corrected chi connectivity index (χ1v) is 7.21. The lowest BCUT2D eigenvalue weighted by atomic mass is 10.0. The van der Waals surface area contributed by atoms with Gasteiger partial charge in [-0.3, -0.25) is 4.99 Å². The Morgan fingerprint density at radius 1 is 1.00 bits per heavy atom. The van der Waals surface area contributed by atoms with Gasteiger partial charge in [0.25, 0.3) is 0 Å². The van der Waals surface area contributed by atoms with Gasteiger partial charge in [-0.2, -0.15) is 0 Å². The summed E-state index contributed by atoms with van der Waals surface area (Å²) in [7, 11) is 0. The smallest absolute Gasteiger partial charge is 0.131 e. The fourth-order valence-corrected chi connectivity index (χ4v) is 2.75. The van der Waals surface area contributed by atoms with Gasteiger partial charge in [-0.05, 0) is 42.7 Å². The maximum atomic E-state index is 13.8. The fraction of sp³-hybridized carbons (Fsp3) is 0.188. The Kier molecular flexibility index (Phi) is 3.66. The van der Waals surface area contributed by atoms with Crippen molar-refractivity contribution in [2.75, 3.05) is 0 Å². The second-order valence-corrected chi connectivity index (χ2v) is 5.69. The molecule has 0 aromatic heterocycles. The average molecular weight is 336 g/mol. The first-order chi connectivity index (χ1) is 9.65. The van der Waals surface area contributed by atoms with Crippen LogP contribution in [0.5, 0.6) is 0 Å². The minimum absolute atomic E-state index is 0.0830. The molecule has 0 spiro atoms. The SMILES string of the molecule is Fc1cccc(F)c1C1CCC(c2ccc(Br)cc2)=N1. The average Bonchev–Trinajstić information content (AvgIpc) is 2.89. The Bertz CT molecular complexity index is 644. The maximum absolute atomic E-state index is 13.8. The van der Waals surface area contributed by atoms with Crippen LogP contribution in [0.15, 0.2) is 51.9 Å². The van der Waals surface area contributed by atoms with Crippen molar-refractivity contribution in [3.8, 4) is 0 Å². The van der Waals surface area contributed by atoms with Crippen LogP contribution < -0.4 is 0 Å². The Hall–Kier alpha value is -1.55. The summed E-state index contributed by atoms with van der Waals surface area (Å²) in [6.45, 7) is 0. The number of halogens is 3. The van der Waals surface area contributed by atoms with E-state index in [2.05, 4.69) is 20.9 Å². The Balaban J connectivity index is 1.93. The first kappa shape index (κ1) is 13.4. The summed E-state index contributed by atoms with van der Waals surface area (Å²) in [4.78, 5) is 4.50. The van der Waals surface area contributed by atoms with E-state index in [1.165, 1.54) is 18.2 Å². The van der Waals surface area contributed by atoms with E-state index < -0.39 is 17.7 Å². The second kappa shape index (κ2) is 5.44. The van der Waals surface area contributed by atoms with Crippen LogP contribution in [0, 0.1) is 11.6 Å². The number of nitrogens with zero attached hydrogens (tertiary/aromatic N) is 1. The Morgan fingerprint density at radius 2 is 1.65 bits per heavy atom. The molecule has 2 aromatic rings. The largest absolute Gasteiger partial charge is 0.281 e. The summed E-state index contributed by atoms with van der Waals surface area (Å²) in [5.74, 6) is -1.04. The molecule has 20 heavy (non-hydrogen) atoms. The number of rotatable bonds is 2. The highest BCUT2D eigenvalue weighted by Gasteiger charge is 2.25. The zero-order valence-electron chi connectivity index (χ0n) is 10.6. The van der Waals surface area contributed by atoms with Crippen LogP contribution in [0.25, 0.3) is 0 Å². The van der Waals surface area contributed by atoms with E-state index in [-0.39, 0.29) is 5.56 Å². The quantitative estimate of drug-likeness (QED) is 0.728. The van der Waals surface area contributed by atoms with E-state index in [0.717, 1.165) is 22.2 Å². The summed E-state index contributed by atoms with van der Waals surface area (Å²) >= 11 is 3.38. The molecule has 1 heterocycles. The van der Waals surface area contributed by atoms with Crippen LogP contribution in [0.4, 0.5) is 8.78 Å². The zero-order chi connectivity index (χ0) is 14.1. The molecule has 0 bridgehead atoms. The first-order valence-electron chi connectivity index (χ1n) is 6.41. The zero-order valence-corrected chi connectivity index (χ0v) is 12.2. The number of benzene rings is 2. The van der Waals surface area contributed by atoms with E-state index >= 15 is 0 Å². The van der Waals surface area contributed by atoms with E-state index in [0.29, 0.717) is 6.42 Å². The summed E-state index contributed by atoms with van der Waals surface area (Å²) in [5.41, 5.74) is 2.00. The molecule has 1 aliphatic rings. The lowest BCUT2D eigenvalue weighted by Gasteiger charge is -2.09. The van der Waals surface area contributed by atoms with Crippen molar-refractivity contribution in [1.29, 1.82) is 0 Å². The third-order valence-corrected chi connectivity index (χ3v) is 4.01. The molecular weight excluding hydrogens is 324 g/mol. The van der Waals surface area contributed by atoms with E-state index in [1.54, 1.807) is 0 Å². The van der Waals surface area contributed by atoms with Gasteiger partial charge in [0.1, 0.15) is 11.6 Å². The van der Waals surface area contributed by atoms with Crippen molar-refractivity contribution in [3.05, 3.63) is 69.7 Å². The summed E-state index contributed by atoms with van der Waals surface area (Å²) in [5, 5.41) is 0. The normalized spacial score (nSPS) is 18.1. The van der Waals surface area contributed by atoms with Gasteiger partial charge in [-0.25, -0.2) is 8.78 Å². The third-order valence-electron chi connectivity index (χ3n) is 3.48. The highest BCUT2D eigenvalue weighted by molar-refractivity contribution is 9.10. The van der Waals surface area contributed by atoms with Gasteiger partial charge in [-0.1, -0.05) is 34.1 Å². The van der Waals surface area contributed by atoms with Gasteiger partial charge >= 0.3 is 0 Å². The third kappa shape index (κ3) is 2.52. The Labute approximate surface area is 124 Å². The summed E-state index contributed by atoms with van der Waals surface area (Å²) in [6, 6.07) is 11.3. The summed E-state index contributed by atoms with van der Waals surface area (Å²) in [6.07, 6.45) is 1.38. The topological polar surface area (TPSA) is 12.4 Å². The molecule has 102 valence electrons. The van der Waals surface area contributed by atoms with Gasteiger partial charge in [0.15, 0.2) is 0 Å². The van der Waals surface area contributed by atoms with E-state index in [9.17, 15) is 8.78 Å². The van der Waals surface area contributed by atoms with Crippen LogP contribution in [-0.2, 0) is 0 Å². The highest BCUT2D eigenvalue weighted by atomic mass is 79.9. The van der Waals surface area contributed by atoms with Crippen molar-refractivity contribution >= 4 is 21.6 Å². The molecule has 0 saturated carbocycles. The molecule has 1 nitrogen and oxygen atoms in total. The van der Waals surface area contributed by atoms with Gasteiger partial charge in [0.05, 0.1) is 6.04 Å². The van der Waals surface area contributed by atoms with Gasteiger partial charge in [-0.15, -0.1) is 0 Å². The number of aliphatic imine (C=N–C) groups is 1. The monoisotopic (exact) mass is 335 g/mol. The molecule has 0 fully saturated rings. The van der Waals surface area contributed by atoms with Gasteiger partial charge in [0, 0.05) is 15.7 Å². The number of hydrogen-bond donors (Lipinski definition) is 0. The van der Waals surface area contributed by atoms with Crippen molar-refractivity contribution in [3.63, 3.8) is 0 Å². The molecular formula is C16H12BrF2N.